The van der Waals surface area contributed by atoms with Crippen molar-refractivity contribution < 1.29 is 0 Å². The fourth-order valence-electron chi connectivity index (χ4n) is 0.961. The molecule has 0 aliphatic heterocycles. The predicted octanol–water partition coefficient (Wildman–Crippen LogP) is 1.63. The standard InChI is InChI=1S/C8H12N2/c1-4-7-6-8(5-2)10(3)9-7/h4,6H,1,5H2,2-3H3. The van der Waals surface area contributed by atoms with Gasteiger partial charge in [-0.05, 0) is 18.6 Å². The first-order valence-electron chi connectivity index (χ1n) is 3.43. The van der Waals surface area contributed by atoms with Crippen molar-refractivity contribution in [2.24, 2.45) is 7.05 Å². The van der Waals surface area contributed by atoms with E-state index in [4.69, 9.17) is 0 Å². The number of nitrogens with zero attached hydrogens (tertiary/aromatic N) is 2. The number of hydrogen-bond donors (Lipinski definition) is 0. The second-order valence-corrected chi connectivity index (χ2v) is 2.24. The minimum absolute atomic E-state index is 0.958. The van der Waals surface area contributed by atoms with Crippen LogP contribution in [0.1, 0.15) is 18.3 Å². The van der Waals surface area contributed by atoms with Crippen LogP contribution in [-0.4, -0.2) is 9.78 Å². The molecule has 1 aromatic rings. The minimum atomic E-state index is 0.958. The molecule has 54 valence electrons. The summed E-state index contributed by atoms with van der Waals surface area (Å²) in [6, 6.07) is 2.05. The zero-order valence-electron chi connectivity index (χ0n) is 6.46. The van der Waals surface area contributed by atoms with E-state index in [1.165, 1.54) is 5.69 Å². The molecule has 0 atom stereocenters. The molecule has 0 N–H and O–H groups in total. The van der Waals surface area contributed by atoms with Crippen LogP contribution in [0.15, 0.2) is 12.6 Å². The van der Waals surface area contributed by atoms with Crippen LogP contribution in [0.2, 0.25) is 0 Å². The maximum atomic E-state index is 4.20. The Balaban J connectivity index is 3.03. The summed E-state index contributed by atoms with van der Waals surface area (Å²) in [6.07, 6.45) is 2.79. The van der Waals surface area contributed by atoms with Crippen LogP contribution in [0.4, 0.5) is 0 Å². The summed E-state index contributed by atoms with van der Waals surface area (Å²) >= 11 is 0. The van der Waals surface area contributed by atoms with Crippen molar-refractivity contribution in [3.63, 3.8) is 0 Å². The monoisotopic (exact) mass is 136 g/mol. The van der Waals surface area contributed by atoms with Gasteiger partial charge in [-0.1, -0.05) is 13.5 Å². The van der Waals surface area contributed by atoms with Crippen LogP contribution < -0.4 is 0 Å². The molecule has 0 fully saturated rings. The molecule has 2 nitrogen and oxygen atoms in total. The lowest BCUT2D eigenvalue weighted by Gasteiger charge is -1.92. The molecule has 1 heterocycles. The summed E-state index contributed by atoms with van der Waals surface area (Å²) in [5.74, 6) is 0. The second-order valence-electron chi connectivity index (χ2n) is 2.24. The SMILES string of the molecule is C=Cc1cc(CC)n(C)n1. The van der Waals surface area contributed by atoms with Gasteiger partial charge in [-0.15, -0.1) is 0 Å². The summed E-state index contributed by atoms with van der Waals surface area (Å²) < 4.78 is 1.89. The fraction of sp³-hybridized carbons (Fsp3) is 0.375. The van der Waals surface area contributed by atoms with Crippen molar-refractivity contribution in [1.82, 2.24) is 9.78 Å². The highest BCUT2D eigenvalue weighted by atomic mass is 15.3. The predicted molar refractivity (Wildman–Crippen MR) is 42.7 cm³/mol. The Labute approximate surface area is 61.2 Å². The molecule has 0 unspecified atom stereocenters. The summed E-state index contributed by atoms with van der Waals surface area (Å²) in [5.41, 5.74) is 2.20. The lowest BCUT2D eigenvalue weighted by molar-refractivity contribution is 0.716. The van der Waals surface area contributed by atoms with Crippen molar-refractivity contribution in [2.75, 3.05) is 0 Å². The Morgan fingerprint density at radius 3 is 2.80 bits per heavy atom. The van der Waals surface area contributed by atoms with E-state index in [0.29, 0.717) is 0 Å². The molecule has 10 heavy (non-hydrogen) atoms. The number of hydrogen-bond acceptors (Lipinski definition) is 1. The zero-order valence-corrected chi connectivity index (χ0v) is 6.46. The van der Waals surface area contributed by atoms with Gasteiger partial charge in [0.15, 0.2) is 0 Å². The van der Waals surface area contributed by atoms with Crippen LogP contribution in [0, 0.1) is 0 Å². The maximum absolute atomic E-state index is 4.20. The van der Waals surface area contributed by atoms with E-state index in [1.807, 2.05) is 17.8 Å². The Hall–Kier alpha value is -1.05. The smallest absolute Gasteiger partial charge is 0.0847 e. The molecule has 0 bridgehead atoms. The van der Waals surface area contributed by atoms with E-state index in [0.717, 1.165) is 12.1 Å². The molecular formula is C8H12N2. The van der Waals surface area contributed by atoms with Crippen LogP contribution >= 0.6 is 0 Å². The summed E-state index contributed by atoms with van der Waals surface area (Å²) in [6.45, 7) is 5.76. The van der Waals surface area contributed by atoms with Gasteiger partial charge in [0.05, 0.1) is 5.69 Å². The molecule has 0 spiro atoms. The first-order chi connectivity index (χ1) is 4.77. The number of rotatable bonds is 2. The van der Waals surface area contributed by atoms with E-state index >= 15 is 0 Å². The lowest BCUT2D eigenvalue weighted by Crippen LogP contribution is -1.95. The molecule has 0 saturated heterocycles. The Bertz CT molecular complexity index is 235. The van der Waals surface area contributed by atoms with Crippen LogP contribution in [0.25, 0.3) is 6.08 Å². The van der Waals surface area contributed by atoms with Gasteiger partial charge in [-0.25, -0.2) is 0 Å². The maximum Gasteiger partial charge on any atom is 0.0847 e. The van der Waals surface area contributed by atoms with E-state index < -0.39 is 0 Å². The molecule has 0 radical (unpaired) electrons. The molecule has 0 aromatic carbocycles. The third kappa shape index (κ3) is 1.10. The third-order valence-corrected chi connectivity index (χ3v) is 1.57. The summed E-state index contributed by atoms with van der Waals surface area (Å²) in [4.78, 5) is 0. The van der Waals surface area contributed by atoms with Crippen LogP contribution in [-0.2, 0) is 13.5 Å². The van der Waals surface area contributed by atoms with Crippen LogP contribution in [0.3, 0.4) is 0 Å². The second kappa shape index (κ2) is 2.69. The Kier molecular flexibility index (Phi) is 1.90. The van der Waals surface area contributed by atoms with Gasteiger partial charge in [0.25, 0.3) is 0 Å². The molecule has 0 aliphatic carbocycles. The van der Waals surface area contributed by atoms with Gasteiger partial charge in [-0.2, -0.15) is 5.10 Å². The zero-order chi connectivity index (χ0) is 7.56. The molecule has 1 rings (SSSR count). The van der Waals surface area contributed by atoms with Crippen molar-refractivity contribution in [2.45, 2.75) is 13.3 Å². The van der Waals surface area contributed by atoms with E-state index in [1.54, 1.807) is 6.08 Å². The molecule has 0 amide bonds. The van der Waals surface area contributed by atoms with Crippen molar-refractivity contribution in [3.05, 3.63) is 24.0 Å². The molecular weight excluding hydrogens is 124 g/mol. The quantitative estimate of drug-likeness (QED) is 0.604. The molecule has 2 heteroatoms. The van der Waals surface area contributed by atoms with Crippen molar-refractivity contribution >= 4 is 6.08 Å². The van der Waals surface area contributed by atoms with Gasteiger partial charge in [0, 0.05) is 12.7 Å². The first-order valence-corrected chi connectivity index (χ1v) is 3.43. The summed E-state index contributed by atoms with van der Waals surface area (Å²) in [7, 11) is 1.95. The highest BCUT2D eigenvalue weighted by molar-refractivity contribution is 5.41. The topological polar surface area (TPSA) is 17.8 Å². The van der Waals surface area contributed by atoms with Gasteiger partial charge in [0.2, 0.25) is 0 Å². The minimum Gasteiger partial charge on any atom is -0.272 e. The van der Waals surface area contributed by atoms with E-state index in [9.17, 15) is 0 Å². The van der Waals surface area contributed by atoms with Gasteiger partial charge in [0.1, 0.15) is 0 Å². The molecule has 1 aromatic heterocycles. The third-order valence-electron chi connectivity index (χ3n) is 1.57. The summed E-state index contributed by atoms with van der Waals surface area (Å²) in [5, 5.41) is 4.20. The Morgan fingerprint density at radius 1 is 1.80 bits per heavy atom. The van der Waals surface area contributed by atoms with Gasteiger partial charge < -0.3 is 0 Å². The first kappa shape index (κ1) is 7.06. The van der Waals surface area contributed by atoms with Gasteiger partial charge >= 0.3 is 0 Å². The van der Waals surface area contributed by atoms with Gasteiger partial charge in [-0.3, -0.25) is 4.68 Å². The fourth-order valence-corrected chi connectivity index (χ4v) is 0.961. The van der Waals surface area contributed by atoms with Crippen LogP contribution in [0.5, 0.6) is 0 Å². The average Bonchev–Trinajstić information content (AvgIpc) is 2.30. The normalized spacial score (nSPS) is 9.80. The highest BCUT2D eigenvalue weighted by Gasteiger charge is 1.97. The molecule has 0 aliphatic rings. The average molecular weight is 136 g/mol. The van der Waals surface area contributed by atoms with Crippen molar-refractivity contribution in [3.8, 4) is 0 Å². The number of aromatic nitrogens is 2. The number of aryl methyl sites for hydroxylation is 2. The largest absolute Gasteiger partial charge is 0.272 e. The van der Waals surface area contributed by atoms with E-state index in [-0.39, 0.29) is 0 Å². The lowest BCUT2D eigenvalue weighted by atomic mass is 10.3. The molecule has 0 saturated carbocycles. The van der Waals surface area contributed by atoms with E-state index in [2.05, 4.69) is 18.6 Å². The Morgan fingerprint density at radius 2 is 2.50 bits per heavy atom. The van der Waals surface area contributed by atoms with Crippen molar-refractivity contribution in [1.29, 1.82) is 0 Å². The highest BCUT2D eigenvalue weighted by Crippen LogP contribution is 2.03.